The molecule has 0 bridgehead atoms. The van der Waals surface area contributed by atoms with Gasteiger partial charge < -0.3 is 5.32 Å². The van der Waals surface area contributed by atoms with Crippen LogP contribution in [-0.2, 0) is 23.3 Å². The molecule has 1 aliphatic heterocycles. The third-order valence-electron chi connectivity index (χ3n) is 4.99. The second kappa shape index (κ2) is 6.04. The highest BCUT2D eigenvalue weighted by Crippen LogP contribution is 2.40. The van der Waals surface area contributed by atoms with Crippen LogP contribution in [0.4, 0.5) is 4.79 Å². The van der Waals surface area contributed by atoms with E-state index in [0.717, 1.165) is 24.0 Å². The van der Waals surface area contributed by atoms with E-state index in [0.29, 0.717) is 22.0 Å². The molecular weight excluding hydrogens is 359 g/mol. The van der Waals surface area contributed by atoms with Gasteiger partial charge in [-0.15, -0.1) is 0 Å². The zero-order valence-corrected chi connectivity index (χ0v) is 14.9. The van der Waals surface area contributed by atoms with Crippen molar-refractivity contribution >= 4 is 35.1 Å². The normalized spacial score (nSPS) is 22.2. The molecule has 0 aromatic heterocycles. The Kier molecular flexibility index (Phi) is 3.97. The first kappa shape index (κ1) is 16.4. The lowest BCUT2D eigenvalue weighted by molar-refractivity contribution is -0.132. The second-order valence-corrected chi connectivity index (χ2v) is 7.32. The van der Waals surface area contributed by atoms with Crippen LogP contribution in [0.25, 0.3) is 0 Å². The average molecular weight is 375 g/mol. The minimum atomic E-state index is -0.954. The van der Waals surface area contributed by atoms with Gasteiger partial charge in [-0.05, 0) is 48.1 Å². The molecule has 1 aliphatic carbocycles. The fourth-order valence-corrected chi connectivity index (χ4v) is 4.24. The molecule has 1 heterocycles. The number of urea groups is 1. The summed E-state index contributed by atoms with van der Waals surface area (Å²) in [5.41, 5.74) is 1.76. The molecule has 6 heteroatoms. The Labute approximate surface area is 155 Å². The minimum Gasteiger partial charge on any atom is -0.319 e. The molecule has 3 amide bonds. The summed E-state index contributed by atoms with van der Waals surface area (Å²) in [4.78, 5) is 27.0. The van der Waals surface area contributed by atoms with Gasteiger partial charge in [0, 0.05) is 10.0 Å². The van der Waals surface area contributed by atoms with Crippen molar-refractivity contribution in [3.8, 4) is 0 Å². The fraction of sp³-hybridized carbons (Fsp3) is 0.263. The number of nitrogens with one attached hydrogen (secondary N) is 1. The van der Waals surface area contributed by atoms with Gasteiger partial charge in [-0.2, -0.15) is 0 Å². The number of fused-ring (bicyclic) bond motifs is 2. The highest BCUT2D eigenvalue weighted by molar-refractivity contribution is 6.35. The second-order valence-electron chi connectivity index (χ2n) is 6.47. The summed E-state index contributed by atoms with van der Waals surface area (Å²) in [6.07, 6.45) is 2.39. The SMILES string of the molecule is O=C1N[C@]2(CCCc3ccccc32)C(=O)N1Cc1ccc(Cl)cc1Cl. The van der Waals surface area contributed by atoms with Crippen molar-refractivity contribution in [3.63, 3.8) is 0 Å². The maximum Gasteiger partial charge on any atom is 0.325 e. The molecule has 25 heavy (non-hydrogen) atoms. The van der Waals surface area contributed by atoms with Crippen LogP contribution in [0.5, 0.6) is 0 Å². The monoisotopic (exact) mass is 374 g/mol. The maximum absolute atomic E-state index is 13.2. The molecule has 4 rings (SSSR count). The van der Waals surface area contributed by atoms with Gasteiger partial charge in [-0.25, -0.2) is 4.79 Å². The number of carbonyl (C=O) groups is 2. The Morgan fingerprint density at radius 3 is 2.72 bits per heavy atom. The summed E-state index contributed by atoms with van der Waals surface area (Å²) < 4.78 is 0. The Balaban J connectivity index is 1.70. The first-order chi connectivity index (χ1) is 12.0. The molecule has 2 aromatic carbocycles. The zero-order valence-electron chi connectivity index (χ0n) is 13.4. The van der Waals surface area contributed by atoms with Crippen LogP contribution < -0.4 is 5.32 Å². The smallest absolute Gasteiger partial charge is 0.319 e. The zero-order chi connectivity index (χ0) is 17.6. The Morgan fingerprint density at radius 1 is 1.12 bits per heavy atom. The molecule has 1 saturated heterocycles. The number of amides is 3. The van der Waals surface area contributed by atoms with Crippen molar-refractivity contribution in [1.82, 2.24) is 10.2 Å². The maximum atomic E-state index is 13.2. The highest BCUT2D eigenvalue weighted by Gasteiger charge is 2.53. The van der Waals surface area contributed by atoms with E-state index < -0.39 is 5.54 Å². The number of aryl methyl sites for hydroxylation is 1. The summed E-state index contributed by atoms with van der Waals surface area (Å²) in [5, 5.41) is 3.90. The molecular formula is C19H16Cl2N2O2. The van der Waals surface area contributed by atoms with Crippen LogP contribution >= 0.6 is 23.2 Å². The van der Waals surface area contributed by atoms with E-state index in [4.69, 9.17) is 23.2 Å². The summed E-state index contributed by atoms with van der Waals surface area (Å²) in [7, 11) is 0. The predicted molar refractivity (Wildman–Crippen MR) is 96.6 cm³/mol. The molecule has 128 valence electrons. The van der Waals surface area contributed by atoms with Gasteiger partial charge in [-0.3, -0.25) is 9.69 Å². The van der Waals surface area contributed by atoms with Crippen molar-refractivity contribution in [3.05, 3.63) is 69.2 Å². The number of halogens is 2. The number of hydrogen-bond donors (Lipinski definition) is 1. The van der Waals surface area contributed by atoms with E-state index in [2.05, 4.69) is 5.32 Å². The first-order valence-electron chi connectivity index (χ1n) is 8.18. The quantitative estimate of drug-likeness (QED) is 0.797. The molecule has 1 fully saturated rings. The van der Waals surface area contributed by atoms with Crippen molar-refractivity contribution < 1.29 is 9.59 Å². The Morgan fingerprint density at radius 2 is 1.92 bits per heavy atom. The van der Waals surface area contributed by atoms with E-state index in [1.165, 1.54) is 4.90 Å². The van der Waals surface area contributed by atoms with Crippen LogP contribution in [0, 0.1) is 0 Å². The van der Waals surface area contributed by atoms with E-state index in [1.807, 2.05) is 24.3 Å². The van der Waals surface area contributed by atoms with Crippen molar-refractivity contribution in [2.24, 2.45) is 0 Å². The average Bonchev–Trinajstić information content (AvgIpc) is 2.82. The highest BCUT2D eigenvalue weighted by atomic mass is 35.5. The third kappa shape index (κ3) is 2.60. The van der Waals surface area contributed by atoms with E-state index in [1.54, 1.807) is 18.2 Å². The van der Waals surface area contributed by atoms with Crippen molar-refractivity contribution in [2.45, 2.75) is 31.3 Å². The molecule has 2 aliphatic rings. The van der Waals surface area contributed by atoms with Crippen LogP contribution in [-0.4, -0.2) is 16.8 Å². The van der Waals surface area contributed by atoms with Gasteiger partial charge in [0.1, 0.15) is 5.54 Å². The number of imide groups is 1. The van der Waals surface area contributed by atoms with Crippen LogP contribution in [0.1, 0.15) is 29.5 Å². The molecule has 0 radical (unpaired) electrons. The number of benzene rings is 2. The lowest BCUT2D eigenvalue weighted by Crippen LogP contribution is -2.46. The lowest BCUT2D eigenvalue weighted by atomic mass is 9.76. The van der Waals surface area contributed by atoms with Gasteiger partial charge in [0.05, 0.1) is 6.54 Å². The Hall–Kier alpha value is -2.04. The van der Waals surface area contributed by atoms with E-state index in [9.17, 15) is 9.59 Å². The number of hydrogen-bond acceptors (Lipinski definition) is 2. The van der Waals surface area contributed by atoms with Gasteiger partial charge >= 0.3 is 6.03 Å². The third-order valence-corrected chi connectivity index (χ3v) is 5.58. The minimum absolute atomic E-state index is 0.130. The molecule has 1 atom stereocenters. The van der Waals surface area contributed by atoms with Crippen LogP contribution in [0.15, 0.2) is 42.5 Å². The largest absolute Gasteiger partial charge is 0.325 e. The lowest BCUT2D eigenvalue weighted by Gasteiger charge is -2.33. The molecule has 1 N–H and O–H groups in total. The van der Waals surface area contributed by atoms with Gasteiger partial charge in [-0.1, -0.05) is 53.5 Å². The summed E-state index contributed by atoms with van der Waals surface area (Å²) in [6.45, 7) is 0.130. The molecule has 2 aromatic rings. The van der Waals surface area contributed by atoms with E-state index >= 15 is 0 Å². The molecule has 0 unspecified atom stereocenters. The molecule has 0 saturated carbocycles. The molecule has 4 nitrogen and oxygen atoms in total. The summed E-state index contributed by atoms with van der Waals surface area (Å²) in [6, 6.07) is 12.5. The standard InChI is InChI=1S/C19H16Cl2N2O2/c20-14-8-7-13(16(21)10-14)11-23-17(24)19(22-18(23)25)9-3-5-12-4-1-2-6-15(12)19/h1-2,4,6-8,10H,3,5,9,11H2,(H,22,25)/t19-/m0/s1. The summed E-state index contributed by atoms with van der Waals surface area (Å²) >= 11 is 12.1. The number of nitrogens with zero attached hydrogens (tertiary/aromatic N) is 1. The number of rotatable bonds is 2. The summed E-state index contributed by atoms with van der Waals surface area (Å²) in [5.74, 6) is -0.212. The van der Waals surface area contributed by atoms with Crippen molar-refractivity contribution in [1.29, 1.82) is 0 Å². The van der Waals surface area contributed by atoms with Crippen molar-refractivity contribution in [2.75, 3.05) is 0 Å². The van der Waals surface area contributed by atoms with Gasteiger partial charge in [0.2, 0.25) is 0 Å². The molecule has 1 spiro atoms. The van der Waals surface area contributed by atoms with Crippen LogP contribution in [0.3, 0.4) is 0 Å². The predicted octanol–water partition coefficient (Wildman–Crippen LogP) is 4.28. The van der Waals surface area contributed by atoms with Crippen LogP contribution in [0.2, 0.25) is 10.0 Å². The first-order valence-corrected chi connectivity index (χ1v) is 8.93. The number of carbonyl (C=O) groups excluding carboxylic acids is 2. The van der Waals surface area contributed by atoms with Gasteiger partial charge in [0.25, 0.3) is 5.91 Å². The topological polar surface area (TPSA) is 49.4 Å². The van der Waals surface area contributed by atoms with E-state index in [-0.39, 0.29) is 18.5 Å². The fourth-order valence-electron chi connectivity index (χ4n) is 3.78. The van der Waals surface area contributed by atoms with Gasteiger partial charge in [0.15, 0.2) is 0 Å². The Bertz CT molecular complexity index is 883.